The maximum atomic E-state index is 11.9. The Labute approximate surface area is 143 Å². The molecule has 0 radical (unpaired) electrons. The van der Waals surface area contributed by atoms with Crippen LogP contribution in [0.4, 0.5) is 0 Å². The molecule has 0 unspecified atom stereocenters. The number of hydrogen-bond acceptors (Lipinski definition) is 5. The van der Waals surface area contributed by atoms with E-state index < -0.39 is 0 Å². The van der Waals surface area contributed by atoms with Crippen molar-refractivity contribution in [2.75, 3.05) is 13.7 Å². The molecule has 0 aliphatic carbocycles. The van der Waals surface area contributed by atoms with Crippen molar-refractivity contribution in [2.24, 2.45) is 0 Å². The van der Waals surface area contributed by atoms with Gasteiger partial charge < -0.3 is 14.9 Å². The minimum atomic E-state index is -0.267. The van der Waals surface area contributed by atoms with Crippen LogP contribution in [0.15, 0.2) is 42.5 Å². The van der Waals surface area contributed by atoms with Crippen molar-refractivity contribution in [1.29, 1.82) is 0 Å². The first-order chi connectivity index (χ1) is 11.7. The van der Waals surface area contributed by atoms with Gasteiger partial charge in [-0.05, 0) is 41.1 Å². The molecule has 0 aliphatic heterocycles. The van der Waals surface area contributed by atoms with Gasteiger partial charge in [0.25, 0.3) is 5.91 Å². The van der Waals surface area contributed by atoms with Crippen molar-refractivity contribution in [3.05, 3.63) is 53.1 Å². The standard InChI is InChI=1S/C16H15ClN4O3/c1-23-13-5-2-11(3-6-13)9-18-16(22)10-24-21-15-8-12(17)4-7-14(15)19-20-21/h2-8H,9-10H2,1H3,(H,18,22). The molecule has 124 valence electrons. The van der Waals surface area contributed by atoms with Gasteiger partial charge in [0.15, 0.2) is 6.61 Å². The van der Waals surface area contributed by atoms with Crippen LogP contribution >= 0.6 is 11.6 Å². The van der Waals surface area contributed by atoms with E-state index in [1.807, 2.05) is 24.3 Å². The van der Waals surface area contributed by atoms with Crippen molar-refractivity contribution >= 4 is 28.5 Å². The van der Waals surface area contributed by atoms with Gasteiger partial charge in [-0.15, -0.1) is 5.10 Å². The molecule has 8 heteroatoms. The number of amides is 1. The first-order valence-corrected chi connectivity index (χ1v) is 7.57. The van der Waals surface area contributed by atoms with Gasteiger partial charge >= 0.3 is 0 Å². The summed E-state index contributed by atoms with van der Waals surface area (Å²) in [6.07, 6.45) is 0. The summed E-state index contributed by atoms with van der Waals surface area (Å²) in [5, 5.41) is 11.1. The van der Waals surface area contributed by atoms with Crippen molar-refractivity contribution in [1.82, 2.24) is 20.5 Å². The Morgan fingerprint density at radius 2 is 2.04 bits per heavy atom. The van der Waals surface area contributed by atoms with E-state index in [1.165, 1.54) is 4.85 Å². The minimum absolute atomic E-state index is 0.179. The first kappa shape index (κ1) is 16.1. The van der Waals surface area contributed by atoms with Crippen LogP contribution in [-0.2, 0) is 11.3 Å². The Morgan fingerprint density at radius 1 is 1.25 bits per heavy atom. The van der Waals surface area contributed by atoms with Crippen LogP contribution in [0.1, 0.15) is 5.56 Å². The molecular weight excluding hydrogens is 332 g/mol. The summed E-state index contributed by atoms with van der Waals surface area (Å²) < 4.78 is 5.09. The topological polar surface area (TPSA) is 78.3 Å². The number of methoxy groups -OCH3 is 1. The highest BCUT2D eigenvalue weighted by atomic mass is 35.5. The molecule has 0 aliphatic rings. The Kier molecular flexibility index (Phi) is 4.81. The summed E-state index contributed by atoms with van der Waals surface area (Å²) in [5.41, 5.74) is 2.20. The highest BCUT2D eigenvalue weighted by molar-refractivity contribution is 6.31. The van der Waals surface area contributed by atoms with Gasteiger partial charge in [0.2, 0.25) is 0 Å². The van der Waals surface area contributed by atoms with E-state index in [2.05, 4.69) is 15.6 Å². The zero-order chi connectivity index (χ0) is 16.9. The number of fused-ring (bicyclic) bond motifs is 1. The molecule has 0 spiro atoms. The molecule has 3 rings (SSSR count). The fourth-order valence-electron chi connectivity index (χ4n) is 2.08. The molecule has 0 saturated carbocycles. The van der Waals surface area contributed by atoms with Crippen molar-refractivity contribution < 1.29 is 14.4 Å². The maximum absolute atomic E-state index is 11.9. The lowest BCUT2D eigenvalue weighted by Crippen LogP contribution is -2.31. The third kappa shape index (κ3) is 3.75. The number of benzene rings is 2. The molecule has 7 nitrogen and oxygen atoms in total. The van der Waals surface area contributed by atoms with Gasteiger partial charge in [-0.25, -0.2) is 0 Å². The quantitative estimate of drug-likeness (QED) is 0.736. The first-order valence-electron chi connectivity index (χ1n) is 7.19. The second-order valence-electron chi connectivity index (χ2n) is 4.99. The van der Waals surface area contributed by atoms with Crippen LogP contribution in [0.3, 0.4) is 0 Å². The van der Waals surface area contributed by atoms with Gasteiger partial charge in [0.05, 0.1) is 7.11 Å². The number of carbonyl (C=O) groups is 1. The van der Waals surface area contributed by atoms with Crippen molar-refractivity contribution in [2.45, 2.75) is 6.54 Å². The second-order valence-corrected chi connectivity index (χ2v) is 5.43. The fourth-order valence-corrected chi connectivity index (χ4v) is 2.25. The molecule has 0 saturated heterocycles. The van der Waals surface area contributed by atoms with Crippen LogP contribution in [-0.4, -0.2) is 34.8 Å². The van der Waals surface area contributed by atoms with E-state index in [1.54, 1.807) is 25.3 Å². The summed E-state index contributed by atoms with van der Waals surface area (Å²) >= 11 is 5.94. The third-order valence-corrected chi connectivity index (χ3v) is 3.58. The lowest BCUT2D eigenvalue weighted by molar-refractivity contribution is -0.126. The van der Waals surface area contributed by atoms with E-state index in [-0.39, 0.29) is 12.5 Å². The molecule has 1 heterocycles. The molecular formula is C16H15ClN4O3. The van der Waals surface area contributed by atoms with E-state index in [9.17, 15) is 4.79 Å². The molecule has 24 heavy (non-hydrogen) atoms. The molecule has 1 N–H and O–H groups in total. The van der Waals surface area contributed by atoms with Gasteiger partial charge in [-0.2, -0.15) is 0 Å². The van der Waals surface area contributed by atoms with Crippen molar-refractivity contribution in [3.63, 3.8) is 0 Å². The van der Waals surface area contributed by atoms with Gasteiger partial charge in [0, 0.05) is 11.6 Å². The lowest BCUT2D eigenvalue weighted by Gasteiger charge is -2.07. The summed E-state index contributed by atoms with van der Waals surface area (Å²) in [6.45, 7) is 0.219. The molecule has 0 fully saturated rings. The largest absolute Gasteiger partial charge is 0.497 e. The van der Waals surface area contributed by atoms with Crippen LogP contribution in [0, 0.1) is 0 Å². The predicted molar refractivity (Wildman–Crippen MR) is 88.8 cm³/mol. The Bertz CT molecular complexity index is 848. The van der Waals surface area contributed by atoms with Crippen LogP contribution in [0.25, 0.3) is 11.0 Å². The normalized spacial score (nSPS) is 10.6. The number of nitrogens with zero attached hydrogens (tertiary/aromatic N) is 3. The number of ether oxygens (including phenoxy) is 1. The van der Waals surface area contributed by atoms with Crippen LogP contribution in [0.2, 0.25) is 5.02 Å². The number of halogens is 1. The highest BCUT2D eigenvalue weighted by Gasteiger charge is 2.08. The number of aromatic nitrogens is 3. The summed E-state index contributed by atoms with van der Waals surface area (Å²) in [7, 11) is 1.61. The lowest BCUT2D eigenvalue weighted by atomic mass is 10.2. The van der Waals surface area contributed by atoms with E-state index in [0.717, 1.165) is 11.3 Å². The van der Waals surface area contributed by atoms with Crippen LogP contribution < -0.4 is 14.9 Å². The number of rotatable bonds is 6. The highest BCUT2D eigenvalue weighted by Crippen LogP contribution is 2.16. The second kappa shape index (κ2) is 7.18. The zero-order valence-electron chi connectivity index (χ0n) is 12.9. The Balaban J connectivity index is 1.53. The maximum Gasteiger partial charge on any atom is 0.261 e. The molecule has 3 aromatic rings. The summed E-state index contributed by atoms with van der Waals surface area (Å²) in [6, 6.07) is 12.6. The minimum Gasteiger partial charge on any atom is -0.497 e. The number of hydrogen-bond donors (Lipinski definition) is 1. The van der Waals surface area contributed by atoms with Crippen LogP contribution in [0.5, 0.6) is 5.75 Å². The van der Waals surface area contributed by atoms with E-state index in [0.29, 0.717) is 22.6 Å². The molecule has 0 atom stereocenters. The smallest absolute Gasteiger partial charge is 0.261 e. The van der Waals surface area contributed by atoms with E-state index in [4.69, 9.17) is 21.2 Å². The SMILES string of the molecule is COc1ccc(CNC(=O)COn2nnc3ccc(Cl)cc32)cc1. The van der Waals surface area contributed by atoms with Gasteiger partial charge in [0.1, 0.15) is 16.8 Å². The van der Waals surface area contributed by atoms with Gasteiger partial charge in [-0.1, -0.05) is 28.6 Å². The monoisotopic (exact) mass is 346 g/mol. The average molecular weight is 347 g/mol. The number of carbonyl (C=O) groups excluding carboxylic acids is 1. The fraction of sp³-hybridized carbons (Fsp3) is 0.188. The summed E-state index contributed by atoms with van der Waals surface area (Å²) in [5.74, 6) is 0.502. The molecule has 1 amide bonds. The van der Waals surface area contributed by atoms with Gasteiger partial charge in [-0.3, -0.25) is 4.79 Å². The molecule has 1 aromatic heterocycles. The number of nitrogens with one attached hydrogen (secondary N) is 1. The van der Waals surface area contributed by atoms with Crippen molar-refractivity contribution in [3.8, 4) is 5.75 Å². The third-order valence-electron chi connectivity index (χ3n) is 3.34. The predicted octanol–water partition coefficient (Wildman–Crippen LogP) is 1.84. The average Bonchev–Trinajstić information content (AvgIpc) is 3.00. The summed E-state index contributed by atoms with van der Waals surface area (Å²) in [4.78, 5) is 18.4. The Hall–Kier alpha value is -2.80. The molecule has 0 bridgehead atoms. The van der Waals surface area contributed by atoms with E-state index >= 15 is 0 Å². The Morgan fingerprint density at radius 3 is 2.79 bits per heavy atom. The zero-order valence-corrected chi connectivity index (χ0v) is 13.7. The molecule has 2 aromatic carbocycles.